The minimum Gasteiger partial charge on any atom is -0.487 e. The third kappa shape index (κ3) is 2.87. The van der Waals surface area contributed by atoms with Gasteiger partial charge in [0.15, 0.2) is 0 Å². The Hall–Kier alpha value is -1.21. The first-order valence-electron chi connectivity index (χ1n) is 5.96. The monoisotopic (exact) mass is 291 g/mol. The van der Waals surface area contributed by atoms with E-state index in [2.05, 4.69) is 0 Å². The van der Waals surface area contributed by atoms with Crippen LogP contribution < -0.4 is 10.5 Å². The molecular formula is C12H15F2NO3S. The van der Waals surface area contributed by atoms with E-state index in [1.54, 1.807) is 6.07 Å². The maximum atomic E-state index is 12.6. The van der Waals surface area contributed by atoms with Gasteiger partial charge in [-0.3, -0.25) is 0 Å². The number of ether oxygens (including phenoxy) is 1. The molecule has 0 aliphatic heterocycles. The van der Waals surface area contributed by atoms with Crippen LogP contribution in [0.3, 0.4) is 0 Å². The van der Waals surface area contributed by atoms with Gasteiger partial charge in [0.2, 0.25) is 9.84 Å². The number of sulfone groups is 1. The maximum Gasteiger partial charge on any atom is 0.341 e. The molecule has 0 radical (unpaired) electrons. The van der Waals surface area contributed by atoms with Crippen LogP contribution in [-0.2, 0) is 9.84 Å². The SMILES string of the molecule is NC1CCCC1Oc1ccccc1S(=O)(=O)C(F)F. The van der Waals surface area contributed by atoms with Gasteiger partial charge in [-0.2, -0.15) is 8.78 Å². The Morgan fingerprint density at radius 1 is 1.26 bits per heavy atom. The molecule has 4 nitrogen and oxygen atoms in total. The highest BCUT2D eigenvalue weighted by molar-refractivity contribution is 7.91. The summed E-state index contributed by atoms with van der Waals surface area (Å²) < 4.78 is 53.8. The maximum absolute atomic E-state index is 12.6. The molecule has 0 amide bonds. The molecule has 0 saturated heterocycles. The average molecular weight is 291 g/mol. The van der Waals surface area contributed by atoms with E-state index in [-0.39, 0.29) is 17.9 Å². The topological polar surface area (TPSA) is 69.4 Å². The van der Waals surface area contributed by atoms with Gasteiger partial charge in [-0.15, -0.1) is 0 Å². The molecule has 0 heterocycles. The molecule has 1 aromatic rings. The van der Waals surface area contributed by atoms with Gasteiger partial charge >= 0.3 is 5.76 Å². The summed E-state index contributed by atoms with van der Waals surface area (Å²) in [7, 11) is -4.67. The highest BCUT2D eigenvalue weighted by Gasteiger charge is 2.32. The molecule has 2 rings (SSSR count). The molecule has 2 unspecified atom stereocenters. The predicted molar refractivity (Wildman–Crippen MR) is 65.9 cm³/mol. The molecular weight excluding hydrogens is 276 g/mol. The fourth-order valence-electron chi connectivity index (χ4n) is 2.14. The number of hydrogen-bond donors (Lipinski definition) is 1. The molecule has 1 aliphatic carbocycles. The van der Waals surface area contributed by atoms with Crippen molar-refractivity contribution in [3.05, 3.63) is 24.3 Å². The lowest BCUT2D eigenvalue weighted by Gasteiger charge is -2.19. The average Bonchev–Trinajstić information content (AvgIpc) is 2.75. The van der Waals surface area contributed by atoms with Crippen molar-refractivity contribution >= 4 is 9.84 Å². The van der Waals surface area contributed by atoms with E-state index in [1.165, 1.54) is 12.1 Å². The minimum atomic E-state index is -4.67. The molecule has 0 aromatic heterocycles. The van der Waals surface area contributed by atoms with Crippen molar-refractivity contribution in [1.29, 1.82) is 0 Å². The van der Waals surface area contributed by atoms with E-state index in [0.29, 0.717) is 6.42 Å². The van der Waals surface area contributed by atoms with Crippen molar-refractivity contribution in [2.75, 3.05) is 0 Å². The van der Waals surface area contributed by atoms with E-state index in [1.807, 2.05) is 0 Å². The number of alkyl halides is 2. The summed E-state index contributed by atoms with van der Waals surface area (Å²) >= 11 is 0. The van der Waals surface area contributed by atoms with Crippen LogP contribution in [-0.4, -0.2) is 26.3 Å². The number of halogens is 2. The first kappa shape index (κ1) is 14.2. The molecule has 0 spiro atoms. The smallest absolute Gasteiger partial charge is 0.341 e. The van der Waals surface area contributed by atoms with E-state index in [0.717, 1.165) is 18.9 Å². The van der Waals surface area contributed by atoms with Gasteiger partial charge in [0.05, 0.1) is 0 Å². The summed E-state index contributed by atoms with van der Waals surface area (Å²) in [6, 6.07) is 5.23. The van der Waals surface area contributed by atoms with Crippen molar-refractivity contribution in [2.24, 2.45) is 5.73 Å². The second kappa shape index (κ2) is 5.42. The number of rotatable bonds is 4. The molecule has 0 bridgehead atoms. The normalized spacial score (nSPS) is 23.8. The van der Waals surface area contributed by atoms with Crippen LogP contribution in [0.4, 0.5) is 8.78 Å². The second-order valence-corrected chi connectivity index (χ2v) is 6.39. The summed E-state index contributed by atoms with van der Waals surface area (Å²) in [5.74, 6) is -3.51. The van der Waals surface area contributed by atoms with E-state index in [4.69, 9.17) is 10.5 Å². The van der Waals surface area contributed by atoms with Crippen LogP contribution >= 0.6 is 0 Å². The molecule has 19 heavy (non-hydrogen) atoms. The van der Waals surface area contributed by atoms with Gasteiger partial charge in [0.1, 0.15) is 16.7 Å². The van der Waals surface area contributed by atoms with Crippen LogP contribution in [0.2, 0.25) is 0 Å². The van der Waals surface area contributed by atoms with Crippen molar-refractivity contribution in [3.63, 3.8) is 0 Å². The highest BCUT2D eigenvalue weighted by atomic mass is 32.2. The summed E-state index contributed by atoms with van der Waals surface area (Å²) in [4.78, 5) is -0.482. The summed E-state index contributed by atoms with van der Waals surface area (Å²) in [5.41, 5.74) is 5.82. The lowest BCUT2D eigenvalue weighted by atomic mass is 10.2. The first-order valence-corrected chi connectivity index (χ1v) is 7.51. The first-order chi connectivity index (χ1) is 8.93. The zero-order chi connectivity index (χ0) is 14.0. The van der Waals surface area contributed by atoms with Crippen molar-refractivity contribution in [2.45, 2.75) is 42.1 Å². The Balaban J connectivity index is 2.32. The summed E-state index contributed by atoms with van der Waals surface area (Å²) in [5, 5.41) is 0. The Morgan fingerprint density at radius 2 is 1.95 bits per heavy atom. The number of para-hydroxylation sites is 1. The van der Waals surface area contributed by atoms with Crippen LogP contribution in [0.1, 0.15) is 19.3 Å². The Labute approximate surface area is 110 Å². The molecule has 1 saturated carbocycles. The third-order valence-corrected chi connectivity index (χ3v) is 4.59. The summed E-state index contributed by atoms with van der Waals surface area (Å²) in [6.07, 6.45) is 2.04. The second-order valence-electron chi connectivity index (χ2n) is 4.50. The van der Waals surface area contributed by atoms with Crippen molar-refractivity contribution in [1.82, 2.24) is 0 Å². The molecule has 2 N–H and O–H groups in total. The van der Waals surface area contributed by atoms with Gasteiger partial charge in [-0.05, 0) is 31.4 Å². The zero-order valence-electron chi connectivity index (χ0n) is 10.1. The molecule has 106 valence electrons. The molecule has 2 atom stereocenters. The zero-order valence-corrected chi connectivity index (χ0v) is 10.9. The molecule has 1 aliphatic rings. The molecule has 1 fully saturated rings. The van der Waals surface area contributed by atoms with Gasteiger partial charge in [0.25, 0.3) is 0 Å². The quantitative estimate of drug-likeness (QED) is 0.920. The van der Waals surface area contributed by atoms with Crippen LogP contribution in [0.5, 0.6) is 5.75 Å². The Kier molecular flexibility index (Phi) is 4.05. The van der Waals surface area contributed by atoms with Gasteiger partial charge in [-0.25, -0.2) is 8.42 Å². The highest BCUT2D eigenvalue weighted by Crippen LogP contribution is 2.31. The van der Waals surface area contributed by atoms with Crippen LogP contribution in [0.15, 0.2) is 29.2 Å². The van der Waals surface area contributed by atoms with Crippen molar-refractivity contribution < 1.29 is 21.9 Å². The van der Waals surface area contributed by atoms with E-state index < -0.39 is 20.5 Å². The van der Waals surface area contributed by atoms with Crippen molar-refractivity contribution in [3.8, 4) is 5.75 Å². The predicted octanol–water partition coefficient (Wildman–Crippen LogP) is 1.94. The number of nitrogens with two attached hydrogens (primary N) is 1. The fourth-order valence-corrected chi connectivity index (χ4v) is 3.00. The molecule has 1 aromatic carbocycles. The van der Waals surface area contributed by atoms with E-state index >= 15 is 0 Å². The minimum absolute atomic E-state index is 0.0508. The standard InChI is InChI=1S/C12H15F2NO3S/c13-12(14)19(16,17)11-7-2-1-5-10(11)18-9-6-3-4-8(9)15/h1-2,5,7-9,12H,3-4,6,15H2. The Morgan fingerprint density at radius 3 is 2.53 bits per heavy atom. The third-order valence-electron chi connectivity index (χ3n) is 3.17. The van der Waals surface area contributed by atoms with E-state index in [9.17, 15) is 17.2 Å². The number of benzene rings is 1. The fraction of sp³-hybridized carbons (Fsp3) is 0.500. The lowest BCUT2D eigenvalue weighted by Crippen LogP contribution is -2.34. The van der Waals surface area contributed by atoms with Gasteiger partial charge in [0, 0.05) is 6.04 Å². The number of hydrogen-bond acceptors (Lipinski definition) is 4. The van der Waals surface area contributed by atoms with Crippen LogP contribution in [0.25, 0.3) is 0 Å². The van der Waals surface area contributed by atoms with Gasteiger partial charge < -0.3 is 10.5 Å². The van der Waals surface area contributed by atoms with Crippen LogP contribution in [0, 0.1) is 0 Å². The lowest BCUT2D eigenvalue weighted by molar-refractivity contribution is 0.185. The largest absolute Gasteiger partial charge is 0.487 e. The summed E-state index contributed by atoms with van der Waals surface area (Å²) in [6.45, 7) is 0. The molecule has 7 heteroatoms. The Bertz CT molecular complexity index is 548. The van der Waals surface area contributed by atoms with Gasteiger partial charge in [-0.1, -0.05) is 12.1 Å².